The molecular formula is C26H27F2N5O5. The molecular weight excluding hydrogens is 500 g/mol. The van der Waals surface area contributed by atoms with Gasteiger partial charge in [-0.05, 0) is 44.0 Å². The maximum atomic E-state index is 13.7. The summed E-state index contributed by atoms with van der Waals surface area (Å²) in [6.07, 6.45) is -2.06. The molecule has 1 unspecified atom stereocenters. The Labute approximate surface area is 216 Å². The van der Waals surface area contributed by atoms with Crippen LogP contribution in [0.5, 0.6) is 17.5 Å². The van der Waals surface area contributed by atoms with Crippen molar-refractivity contribution in [3.05, 3.63) is 87.3 Å². The normalized spacial score (nSPS) is 12.5. The van der Waals surface area contributed by atoms with Crippen LogP contribution in [0.1, 0.15) is 24.6 Å². The Balaban J connectivity index is 1.85. The summed E-state index contributed by atoms with van der Waals surface area (Å²) in [6, 6.07) is 9.11. The highest BCUT2D eigenvalue weighted by Crippen LogP contribution is 2.30. The average Bonchev–Trinajstić information content (AvgIpc) is 3.21. The Kier molecular flexibility index (Phi) is 7.44. The van der Waals surface area contributed by atoms with Gasteiger partial charge in [-0.3, -0.25) is 23.5 Å². The lowest BCUT2D eigenvalue weighted by atomic mass is 10.2. The maximum Gasteiger partial charge on any atom is 0.419 e. The SMILES string of the molecule is C=CC(F)(F)Oc1cccc(Oc2nc3c(c(=O)n(CCC(C)O)c(=O)n3C)n2Cc2ccc(C)cn2)c1. The summed E-state index contributed by atoms with van der Waals surface area (Å²) in [5.41, 5.74) is 0.473. The monoisotopic (exact) mass is 527 g/mol. The minimum Gasteiger partial charge on any atom is -0.429 e. The van der Waals surface area contributed by atoms with Crippen molar-refractivity contribution >= 4 is 11.2 Å². The number of aliphatic hydroxyl groups excluding tert-OH is 1. The van der Waals surface area contributed by atoms with E-state index in [2.05, 4.69) is 21.3 Å². The molecule has 0 aliphatic carbocycles. The van der Waals surface area contributed by atoms with Crippen molar-refractivity contribution < 1.29 is 23.4 Å². The van der Waals surface area contributed by atoms with Gasteiger partial charge in [0.05, 0.1) is 18.3 Å². The van der Waals surface area contributed by atoms with Crippen LogP contribution >= 0.6 is 0 Å². The Hall–Kier alpha value is -4.32. The predicted octanol–water partition coefficient (Wildman–Crippen LogP) is 3.37. The zero-order valence-corrected chi connectivity index (χ0v) is 21.1. The van der Waals surface area contributed by atoms with Crippen molar-refractivity contribution in [2.24, 2.45) is 7.05 Å². The first-order chi connectivity index (χ1) is 18.0. The first-order valence-corrected chi connectivity index (χ1v) is 11.8. The molecule has 1 atom stereocenters. The molecule has 0 spiro atoms. The van der Waals surface area contributed by atoms with Crippen molar-refractivity contribution in [2.75, 3.05) is 0 Å². The number of rotatable bonds is 10. The minimum absolute atomic E-state index is 0.000163. The van der Waals surface area contributed by atoms with Crippen molar-refractivity contribution in [1.82, 2.24) is 23.7 Å². The van der Waals surface area contributed by atoms with Crippen molar-refractivity contribution in [1.29, 1.82) is 0 Å². The van der Waals surface area contributed by atoms with Crippen LogP contribution in [0.25, 0.3) is 11.2 Å². The fourth-order valence-electron chi connectivity index (χ4n) is 3.75. The number of aromatic nitrogens is 5. The fourth-order valence-corrected chi connectivity index (χ4v) is 3.75. The lowest BCUT2D eigenvalue weighted by molar-refractivity contribution is -0.131. The molecule has 0 aliphatic rings. The Bertz CT molecular complexity index is 1590. The van der Waals surface area contributed by atoms with Gasteiger partial charge in [0.25, 0.3) is 5.56 Å². The van der Waals surface area contributed by atoms with E-state index in [1.165, 1.54) is 40.4 Å². The van der Waals surface area contributed by atoms with E-state index >= 15 is 0 Å². The number of halogens is 2. The second-order valence-electron chi connectivity index (χ2n) is 8.86. The topological polar surface area (TPSA) is 113 Å². The van der Waals surface area contributed by atoms with Crippen LogP contribution in [0.4, 0.5) is 8.78 Å². The Morgan fingerprint density at radius 1 is 1.18 bits per heavy atom. The van der Waals surface area contributed by atoms with Crippen LogP contribution in [0.3, 0.4) is 0 Å². The second-order valence-corrected chi connectivity index (χ2v) is 8.86. The van der Waals surface area contributed by atoms with Gasteiger partial charge < -0.3 is 14.6 Å². The number of ether oxygens (including phenoxy) is 2. The van der Waals surface area contributed by atoms with E-state index in [0.29, 0.717) is 11.8 Å². The standard InChI is InChI=1S/C26H27F2N5O5/c1-5-26(27,28)38-20-8-6-7-19(13-20)37-24-30-22-21(33(24)15-18-10-9-16(2)14-29-18)23(35)32(12-11-17(3)34)25(36)31(22)4/h5-10,13-14,17,34H,1,11-12,15H2,2-4H3. The van der Waals surface area contributed by atoms with Crippen LogP contribution in [0, 0.1) is 6.92 Å². The van der Waals surface area contributed by atoms with Crippen LogP contribution < -0.4 is 20.7 Å². The Morgan fingerprint density at radius 2 is 1.92 bits per heavy atom. The summed E-state index contributed by atoms with van der Waals surface area (Å²) in [5, 5.41) is 9.69. The molecule has 0 radical (unpaired) electrons. The van der Waals surface area contributed by atoms with E-state index in [0.717, 1.165) is 10.1 Å². The van der Waals surface area contributed by atoms with E-state index in [1.807, 2.05) is 13.0 Å². The average molecular weight is 528 g/mol. The summed E-state index contributed by atoms with van der Waals surface area (Å²) in [5.74, 6) is -0.0710. The van der Waals surface area contributed by atoms with Crippen LogP contribution in [-0.2, 0) is 20.1 Å². The van der Waals surface area contributed by atoms with E-state index in [9.17, 15) is 23.5 Å². The first kappa shape index (κ1) is 26.7. The number of nitrogens with zero attached hydrogens (tertiary/aromatic N) is 5. The third-order valence-electron chi connectivity index (χ3n) is 5.77. The fraction of sp³-hybridized carbons (Fsp3) is 0.308. The maximum absolute atomic E-state index is 13.7. The van der Waals surface area contributed by atoms with E-state index in [4.69, 9.17) is 4.74 Å². The van der Waals surface area contributed by atoms with Gasteiger partial charge in [0.1, 0.15) is 11.5 Å². The van der Waals surface area contributed by atoms with Crippen LogP contribution in [0.2, 0.25) is 0 Å². The molecule has 1 aromatic carbocycles. The quantitative estimate of drug-likeness (QED) is 0.315. The van der Waals surface area contributed by atoms with Gasteiger partial charge in [0.15, 0.2) is 11.2 Å². The predicted molar refractivity (Wildman–Crippen MR) is 136 cm³/mol. The number of alkyl halides is 2. The summed E-state index contributed by atoms with van der Waals surface area (Å²) in [7, 11) is 1.47. The lowest BCUT2D eigenvalue weighted by Crippen LogP contribution is -2.40. The molecule has 0 aliphatic heterocycles. The molecule has 0 fully saturated rings. The molecule has 4 aromatic rings. The van der Waals surface area contributed by atoms with E-state index in [-0.39, 0.29) is 48.2 Å². The molecule has 3 aromatic heterocycles. The number of aliphatic hydroxyl groups is 1. The summed E-state index contributed by atoms with van der Waals surface area (Å²) in [4.78, 5) is 35.3. The summed E-state index contributed by atoms with van der Waals surface area (Å²) in [6.45, 7) is 6.58. The third kappa shape index (κ3) is 5.65. The van der Waals surface area contributed by atoms with Crippen molar-refractivity contribution in [2.45, 2.75) is 45.6 Å². The molecule has 12 heteroatoms. The third-order valence-corrected chi connectivity index (χ3v) is 5.77. The van der Waals surface area contributed by atoms with E-state index in [1.54, 1.807) is 19.2 Å². The molecule has 10 nitrogen and oxygen atoms in total. The summed E-state index contributed by atoms with van der Waals surface area (Å²) < 4.78 is 41.6. The molecule has 0 amide bonds. The number of pyridine rings is 1. The highest BCUT2D eigenvalue weighted by atomic mass is 19.3. The van der Waals surface area contributed by atoms with Gasteiger partial charge in [0, 0.05) is 31.9 Å². The Morgan fingerprint density at radius 3 is 2.58 bits per heavy atom. The van der Waals surface area contributed by atoms with Crippen LogP contribution in [-0.4, -0.2) is 41.0 Å². The number of fused-ring (bicyclic) bond motifs is 1. The highest BCUT2D eigenvalue weighted by molar-refractivity contribution is 5.72. The van der Waals surface area contributed by atoms with Crippen molar-refractivity contribution in [3.63, 3.8) is 0 Å². The van der Waals surface area contributed by atoms with Crippen molar-refractivity contribution in [3.8, 4) is 17.5 Å². The molecule has 0 bridgehead atoms. The molecule has 1 N–H and O–H groups in total. The molecule has 200 valence electrons. The zero-order valence-electron chi connectivity index (χ0n) is 21.1. The van der Waals surface area contributed by atoms with E-state index < -0.39 is 23.5 Å². The molecule has 38 heavy (non-hydrogen) atoms. The molecule has 0 saturated carbocycles. The van der Waals surface area contributed by atoms with Gasteiger partial charge in [-0.2, -0.15) is 13.8 Å². The van der Waals surface area contributed by atoms with Gasteiger partial charge >= 0.3 is 17.8 Å². The molecule has 4 rings (SSSR count). The smallest absolute Gasteiger partial charge is 0.419 e. The lowest BCUT2D eigenvalue weighted by Gasteiger charge is -2.15. The molecule has 3 heterocycles. The second kappa shape index (κ2) is 10.6. The van der Waals surface area contributed by atoms with Gasteiger partial charge in [-0.25, -0.2) is 4.79 Å². The molecule has 0 saturated heterocycles. The number of hydrogen-bond donors (Lipinski definition) is 1. The number of imidazole rings is 1. The van der Waals surface area contributed by atoms with Gasteiger partial charge in [-0.15, -0.1) is 0 Å². The zero-order chi connectivity index (χ0) is 27.6. The summed E-state index contributed by atoms with van der Waals surface area (Å²) >= 11 is 0. The first-order valence-electron chi connectivity index (χ1n) is 11.8. The minimum atomic E-state index is -3.59. The largest absolute Gasteiger partial charge is 0.429 e. The highest BCUT2D eigenvalue weighted by Gasteiger charge is 2.27. The number of hydrogen-bond acceptors (Lipinski definition) is 7. The van der Waals surface area contributed by atoms with Gasteiger partial charge in [-0.1, -0.05) is 18.7 Å². The van der Waals surface area contributed by atoms with Gasteiger partial charge in [0.2, 0.25) is 0 Å². The number of benzene rings is 1. The van der Waals surface area contributed by atoms with Crippen LogP contribution in [0.15, 0.2) is 64.8 Å². The number of aryl methyl sites for hydroxylation is 2.